The molecule has 1 heterocycles. The topological polar surface area (TPSA) is 63.4 Å². The zero-order valence-corrected chi connectivity index (χ0v) is 12.4. The predicted octanol–water partition coefficient (Wildman–Crippen LogP) is 2.02. The summed E-state index contributed by atoms with van der Waals surface area (Å²) >= 11 is 1.38. The maximum Gasteiger partial charge on any atom is 0.244 e. The minimum Gasteiger partial charge on any atom is -0.326 e. The van der Waals surface area contributed by atoms with Gasteiger partial charge in [0.1, 0.15) is 0 Å². The first kappa shape index (κ1) is 14.6. The number of nitrogens with two attached hydrogens (primary N) is 1. The summed E-state index contributed by atoms with van der Waals surface area (Å²) in [7, 11) is -1.79. The van der Waals surface area contributed by atoms with Gasteiger partial charge < -0.3 is 5.73 Å². The highest BCUT2D eigenvalue weighted by Crippen LogP contribution is 2.27. The lowest BCUT2D eigenvalue weighted by atomic mass is 10.0. The van der Waals surface area contributed by atoms with Crippen LogP contribution in [0.2, 0.25) is 0 Å². The van der Waals surface area contributed by atoms with E-state index in [1.165, 1.54) is 15.6 Å². The van der Waals surface area contributed by atoms with Crippen LogP contribution in [0, 0.1) is 0 Å². The second-order valence-electron chi connectivity index (χ2n) is 4.59. The third-order valence-electron chi connectivity index (χ3n) is 3.21. The Bertz CT molecular complexity index is 477. The highest BCUT2D eigenvalue weighted by atomic mass is 32.2. The summed E-state index contributed by atoms with van der Waals surface area (Å²) in [6.07, 6.45) is 0.761. The largest absolute Gasteiger partial charge is 0.326 e. The van der Waals surface area contributed by atoms with E-state index in [-0.39, 0.29) is 5.54 Å². The monoisotopic (exact) mass is 276 g/mol. The molecule has 4 nitrogen and oxygen atoms in total. The van der Waals surface area contributed by atoms with E-state index in [4.69, 9.17) is 5.73 Å². The highest BCUT2D eigenvalue weighted by molar-refractivity contribution is 7.89. The van der Waals surface area contributed by atoms with Gasteiger partial charge >= 0.3 is 0 Å². The minimum atomic E-state index is -3.41. The molecular weight excluding hydrogens is 256 g/mol. The molecule has 0 aliphatic heterocycles. The summed E-state index contributed by atoms with van der Waals surface area (Å²) in [6.45, 7) is 6.19. The van der Waals surface area contributed by atoms with Gasteiger partial charge in [-0.05, 0) is 26.3 Å². The van der Waals surface area contributed by atoms with Gasteiger partial charge in [-0.3, -0.25) is 0 Å². The van der Waals surface area contributed by atoms with E-state index in [2.05, 4.69) is 0 Å². The molecule has 17 heavy (non-hydrogen) atoms. The number of nitrogens with zero attached hydrogens (tertiary/aromatic N) is 1. The molecule has 0 aromatic carbocycles. The summed E-state index contributed by atoms with van der Waals surface area (Å²) in [5, 5.41) is 1.65. The lowest BCUT2D eigenvalue weighted by molar-refractivity contribution is 0.257. The van der Waals surface area contributed by atoms with E-state index in [1.54, 1.807) is 18.5 Å². The van der Waals surface area contributed by atoms with Gasteiger partial charge in [-0.15, -0.1) is 11.3 Å². The fourth-order valence-corrected chi connectivity index (χ4v) is 4.03. The highest BCUT2D eigenvalue weighted by Gasteiger charge is 2.33. The summed E-state index contributed by atoms with van der Waals surface area (Å²) in [5.41, 5.74) is 5.11. The molecule has 0 bridgehead atoms. The van der Waals surface area contributed by atoms with Gasteiger partial charge in [-0.2, -0.15) is 4.31 Å². The van der Waals surface area contributed by atoms with Crippen LogP contribution in [0.4, 0.5) is 0 Å². The Morgan fingerprint density at radius 1 is 1.47 bits per heavy atom. The van der Waals surface area contributed by atoms with Crippen LogP contribution in [0.5, 0.6) is 0 Å². The Labute approximate surface area is 107 Å². The SMILES string of the molecule is CCC(C)(C)N(C)S(=O)(=O)c1csc(CN)c1. The molecule has 0 aliphatic carbocycles. The molecule has 0 aliphatic rings. The van der Waals surface area contributed by atoms with Crippen molar-refractivity contribution in [3.8, 4) is 0 Å². The van der Waals surface area contributed by atoms with Crippen molar-refractivity contribution in [2.24, 2.45) is 5.73 Å². The molecule has 1 aromatic heterocycles. The van der Waals surface area contributed by atoms with E-state index < -0.39 is 10.0 Å². The van der Waals surface area contributed by atoms with Gasteiger partial charge in [0.2, 0.25) is 10.0 Å². The standard InChI is InChI=1S/C11H20N2O2S2/c1-5-11(2,3)13(4)17(14,15)10-6-9(7-12)16-8-10/h6,8H,5,7,12H2,1-4H3. The van der Waals surface area contributed by atoms with Gasteiger partial charge in [0, 0.05) is 29.4 Å². The molecule has 0 atom stereocenters. The molecule has 0 spiro atoms. The molecule has 0 fully saturated rings. The van der Waals surface area contributed by atoms with E-state index >= 15 is 0 Å². The summed E-state index contributed by atoms with van der Waals surface area (Å²) in [6, 6.07) is 1.66. The average molecular weight is 276 g/mol. The van der Waals surface area contributed by atoms with Gasteiger partial charge in [-0.1, -0.05) is 6.92 Å². The predicted molar refractivity (Wildman–Crippen MR) is 71.5 cm³/mol. The molecule has 2 N–H and O–H groups in total. The Hall–Kier alpha value is -0.430. The third kappa shape index (κ3) is 2.88. The van der Waals surface area contributed by atoms with Crippen molar-refractivity contribution in [3.05, 3.63) is 16.3 Å². The Morgan fingerprint density at radius 3 is 2.47 bits per heavy atom. The van der Waals surface area contributed by atoms with Crippen LogP contribution in [-0.2, 0) is 16.6 Å². The lowest BCUT2D eigenvalue weighted by Gasteiger charge is -2.33. The summed E-state index contributed by atoms with van der Waals surface area (Å²) in [5.74, 6) is 0. The number of sulfonamides is 1. The van der Waals surface area contributed by atoms with Crippen LogP contribution in [0.3, 0.4) is 0 Å². The lowest BCUT2D eigenvalue weighted by Crippen LogP contribution is -2.44. The van der Waals surface area contributed by atoms with Crippen molar-refractivity contribution >= 4 is 21.4 Å². The van der Waals surface area contributed by atoms with Crippen LogP contribution in [0.15, 0.2) is 16.3 Å². The number of thiophene rings is 1. The first-order chi connectivity index (χ1) is 7.75. The van der Waals surface area contributed by atoms with Crippen molar-refractivity contribution < 1.29 is 8.42 Å². The molecule has 0 radical (unpaired) electrons. The molecule has 0 saturated heterocycles. The Balaban J connectivity index is 3.11. The summed E-state index contributed by atoms with van der Waals surface area (Å²) < 4.78 is 26.2. The maximum absolute atomic E-state index is 12.4. The van der Waals surface area contributed by atoms with Gasteiger partial charge in [0.05, 0.1) is 4.90 Å². The number of hydrogen-bond donors (Lipinski definition) is 1. The zero-order chi connectivity index (χ0) is 13.3. The molecule has 1 aromatic rings. The fourth-order valence-electron chi connectivity index (χ4n) is 1.31. The quantitative estimate of drug-likeness (QED) is 0.895. The molecule has 0 saturated carbocycles. The van der Waals surface area contributed by atoms with Crippen molar-refractivity contribution in [3.63, 3.8) is 0 Å². The van der Waals surface area contributed by atoms with Crippen molar-refractivity contribution in [1.82, 2.24) is 4.31 Å². The van der Waals surface area contributed by atoms with Crippen LogP contribution in [0.25, 0.3) is 0 Å². The van der Waals surface area contributed by atoms with Crippen LogP contribution >= 0.6 is 11.3 Å². The van der Waals surface area contributed by atoms with Crippen molar-refractivity contribution in [1.29, 1.82) is 0 Å². The normalized spacial score (nSPS) is 13.3. The van der Waals surface area contributed by atoms with Crippen molar-refractivity contribution in [2.45, 2.75) is 44.2 Å². The first-order valence-electron chi connectivity index (χ1n) is 5.52. The summed E-state index contributed by atoms with van der Waals surface area (Å²) in [4.78, 5) is 1.22. The molecule has 1 rings (SSSR count). The fraction of sp³-hybridized carbons (Fsp3) is 0.636. The third-order valence-corrected chi connectivity index (χ3v) is 6.36. The van der Waals surface area contributed by atoms with Gasteiger partial charge in [0.25, 0.3) is 0 Å². The molecular formula is C11H20N2O2S2. The zero-order valence-electron chi connectivity index (χ0n) is 10.7. The Morgan fingerprint density at radius 2 is 2.06 bits per heavy atom. The first-order valence-corrected chi connectivity index (χ1v) is 7.84. The molecule has 0 amide bonds. The smallest absolute Gasteiger partial charge is 0.244 e. The van der Waals surface area contributed by atoms with Crippen molar-refractivity contribution in [2.75, 3.05) is 7.05 Å². The average Bonchev–Trinajstić information content (AvgIpc) is 2.77. The second kappa shape index (κ2) is 5.06. The van der Waals surface area contributed by atoms with Crippen LogP contribution in [-0.4, -0.2) is 25.3 Å². The van der Waals surface area contributed by atoms with Crippen LogP contribution < -0.4 is 5.73 Å². The Kier molecular flexibility index (Phi) is 4.35. The van der Waals surface area contributed by atoms with E-state index in [0.29, 0.717) is 11.4 Å². The second-order valence-corrected chi connectivity index (χ2v) is 7.56. The number of hydrogen-bond acceptors (Lipinski definition) is 4. The molecule has 6 heteroatoms. The van der Waals surface area contributed by atoms with E-state index in [1.807, 2.05) is 20.8 Å². The van der Waals surface area contributed by atoms with Gasteiger partial charge in [0.15, 0.2) is 0 Å². The minimum absolute atomic E-state index is 0.340. The maximum atomic E-state index is 12.4. The van der Waals surface area contributed by atoms with E-state index in [9.17, 15) is 8.42 Å². The van der Waals surface area contributed by atoms with E-state index in [0.717, 1.165) is 11.3 Å². The molecule has 0 unspecified atom stereocenters. The van der Waals surface area contributed by atoms with Crippen LogP contribution in [0.1, 0.15) is 32.1 Å². The molecule has 98 valence electrons. The number of rotatable bonds is 5. The van der Waals surface area contributed by atoms with Gasteiger partial charge in [-0.25, -0.2) is 8.42 Å².